The maximum atomic E-state index is 12.4. The van der Waals surface area contributed by atoms with Gasteiger partial charge in [-0.25, -0.2) is 0 Å². The Bertz CT molecular complexity index is 784. The van der Waals surface area contributed by atoms with Crippen molar-refractivity contribution >= 4 is 23.1 Å². The van der Waals surface area contributed by atoms with E-state index in [9.17, 15) is 4.79 Å². The van der Waals surface area contributed by atoms with Crippen LogP contribution in [-0.4, -0.2) is 48.4 Å². The van der Waals surface area contributed by atoms with Crippen LogP contribution in [0.1, 0.15) is 42.6 Å². The number of hydrogen-bond acceptors (Lipinski definition) is 6. The molecule has 1 saturated carbocycles. The van der Waals surface area contributed by atoms with Crippen molar-refractivity contribution in [2.45, 2.75) is 38.1 Å². The summed E-state index contributed by atoms with van der Waals surface area (Å²) in [5, 5.41) is 14.7. The van der Waals surface area contributed by atoms with Crippen molar-refractivity contribution in [1.29, 1.82) is 0 Å². The smallest absolute Gasteiger partial charge is 0.272 e. The van der Waals surface area contributed by atoms with Crippen molar-refractivity contribution in [2.75, 3.05) is 36.5 Å². The van der Waals surface area contributed by atoms with Crippen LogP contribution in [0, 0.1) is 0 Å². The van der Waals surface area contributed by atoms with Gasteiger partial charge in [-0.05, 0) is 37.1 Å². The van der Waals surface area contributed by atoms with Gasteiger partial charge in [-0.1, -0.05) is 31.4 Å². The van der Waals surface area contributed by atoms with Gasteiger partial charge in [-0.15, -0.1) is 10.2 Å². The Hall–Kier alpha value is -2.67. The molecule has 1 aromatic heterocycles. The van der Waals surface area contributed by atoms with E-state index in [2.05, 4.69) is 31.8 Å². The molecule has 0 atom stereocenters. The van der Waals surface area contributed by atoms with Gasteiger partial charge in [-0.3, -0.25) is 4.79 Å². The molecule has 2 N–H and O–H groups in total. The zero-order chi connectivity index (χ0) is 19.2. The molecule has 1 aliphatic carbocycles. The highest BCUT2D eigenvalue weighted by Crippen LogP contribution is 2.28. The minimum Gasteiger partial charge on any atom is -0.378 e. The van der Waals surface area contributed by atoms with Gasteiger partial charge in [0.2, 0.25) is 0 Å². The Morgan fingerprint density at radius 1 is 1.00 bits per heavy atom. The van der Waals surface area contributed by atoms with Gasteiger partial charge < -0.3 is 20.3 Å². The first-order chi connectivity index (χ1) is 13.8. The van der Waals surface area contributed by atoms with Crippen LogP contribution in [0.4, 0.5) is 17.2 Å². The number of hydrogen-bond donors (Lipinski definition) is 2. The number of para-hydroxylation sites is 2. The molecule has 4 rings (SSSR count). The van der Waals surface area contributed by atoms with Crippen LogP contribution in [0.3, 0.4) is 0 Å². The highest BCUT2D eigenvalue weighted by atomic mass is 16.5. The summed E-state index contributed by atoms with van der Waals surface area (Å²) in [6, 6.07) is 11.9. The first-order valence-electron chi connectivity index (χ1n) is 10.1. The molecular weight excluding hydrogens is 354 g/mol. The average Bonchev–Trinajstić information content (AvgIpc) is 2.76. The van der Waals surface area contributed by atoms with Crippen LogP contribution in [-0.2, 0) is 4.74 Å². The standard InChI is InChI=1S/C21H27N5O2/c27-21(22-16-6-2-1-3-7-16)18-10-11-20(25-24-18)23-17-8-4-5-9-19(17)26-12-14-28-15-13-26/h4-5,8-11,16H,1-3,6-7,12-15H2,(H,22,27)(H,23,25). The number of anilines is 3. The van der Waals surface area contributed by atoms with E-state index in [0.29, 0.717) is 11.5 Å². The van der Waals surface area contributed by atoms with E-state index >= 15 is 0 Å². The summed E-state index contributed by atoms with van der Waals surface area (Å²) in [6.45, 7) is 3.20. The third-order valence-electron chi connectivity index (χ3n) is 5.36. The zero-order valence-corrected chi connectivity index (χ0v) is 16.1. The molecular formula is C21H27N5O2. The predicted octanol–water partition coefficient (Wildman–Crippen LogP) is 3.12. The van der Waals surface area contributed by atoms with Crippen molar-refractivity contribution in [1.82, 2.24) is 15.5 Å². The molecule has 28 heavy (non-hydrogen) atoms. The number of carbonyl (C=O) groups is 1. The van der Waals surface area contributed by atoms with Gasteiger partial charge in [0.1, 0.15) is 0 Å². The number of nitrogens with zero attached hydrogens (tertiary/aromatic N) is 3. The lowest BCUT2D eigenvalue weighted by molar-refractivity contribution is 0.0921. The summed E-state index contributed by atoms with van der Waals surface area (Å²) in [5.41, 5.74) is 2.45. The molecule has 0 spiro atoms. The minimum atomic E-state index is -0.139. The highest BCUT2D eigenvalue weighted by Gasteiger charge is 2.18. The molecule has 2 fully saturated rings. The summed E-state index contributed by atoms with van der Waals surface area (Å²) in [6.07, 6.45) is 5.73. The van der Waals surface area contributed by atoms with Crippen molar-refractivity contribution in [3.05, 3.63) is 42.1 Å². The first kappa shape index (κ1) is 18.7. The Labute approximate surface area is 165 Å². The number of ether oxygens (including phenoxy) is 1. The number of carbonyl (C=O) groups excluding carboxylic acids is 1. The lowest BCUT2D eigenvalue weighted by Gasteiger charge is -2.30. The Balaban J connectivity index is 1.41. The van der Waals surface area contributed by atoms with Crippen LogP contribution in [0.2, 0.25) is 0 Å². The normalized spacial score (nSPS) is 17.9. The highest BCUT2D eigenvalue weighted by molar-refractivity contribution is 5.92. The number of morpholine rings is 1. The molecule has 0 bridgehead atoms. The van der Waals surface area contributed by atoms with Crippen LogP contribution in [0.15, 0.2) is 36.4 Å². The Morgan fingerprint density at radius 2 is 1.79 bits per heavy atom. The largest absolute Gasteiger partial charge is 0.378 e. The first-order valence-corrected chi connectivity index (χ1v) is 10.1. The summed E-state index contributed by atoms with van der Waals surface area (Å²) in [4.78, 5) is 14.7. The molecule has 1 aliphatic heterocycles. The van der Waals surface area contributed by atoms with Crippen LogP contribution in [0.25, 0.3) is 0 Å². The fraction of sp³-hybridized carbons (Fsp3) is 0.476. The molecule has 1 saturated heterocycles. The van der Waals surface area contributed by atoms with Gasteiger partial charge in [0.05, 0.1) is 24.6 Å². The quantitative estimate of drug-likeness (QED) is 0.828. The van der Waals surface area contributed by atoms with Crippen molar-refractivity contribution < 1.29 is 9.53 Å². The summed E-state index contributed by atoms with van der Waals surface area (Å²) < 4.78 is 5.45. The molecule has 0 radical (unpaired) electrons. The van der Waals surface area contributed by atoms with Crippen LogP contribution < -0.4 is 15.5 Å². The minimum absolute atomic E-state index is 0.139. The lowest BCUT2D eigenvalue weighted by Crippen LogP contribution is -2.36. The zero-order valence-electron chi connectivity index (χ0n) is 16.1. The predicted molar refractivity (Wildman–Crippen MR) is 109 cm³/mol. The lowest BCUT2D eigenvalue weighted by atomic mass is 9.95. The monoisotopic (exact) mass is 381 g/mol. The van der Waals surface area contributed by atoms with Gasteiger partial charge in [-0.2, -0.15) is 0 Å². The molecule has 1 amide bonds. The third kappa shape index (κ3) is 4.59. The van der Waals surface area contributed by atoms with Crippen LogP contribution in [0.5, 0.6) is 0 Å². The van der Waals surface area contributed by atoms with Gasteiger partial charge >= 0.3 is 0 Å². The topological polar surface area (TPSA) is 79.4 Å². The summed E-state index contributed by atoms with van der Waals surface area (Å²) in [5.74, 6) is 0.481. The molecule has 1 aromatic carbocycles. The van der Waals surface area contributed by atoms with E-state index in [0.717, 1.165) is 50.5 Å². The van der Waals surface area contributed by atoms with Crippen LogP contribution >= 0.6 is 0 Å². The SMILES string of the molecule is O=C(NC1CCCCC1)c1ccc(Nc2ccccc2N2CCOCC2)nn1. The fourth-order valence-electron chi connectivity index (χ4n) is 3.82. The molecule has 2 aromatic rings. The number of nitrogens with one attached hydrogen (secondary N) is 2. The van der Waals surface area contributed by atoms with E-state index in [1.165, 1.54) is 19.3 Å². The summed E-state index contributed by atoms with van der Waals surface area (Å²) in [7, 11) is 0. The maximum Gasteiger partial charge on any atom is 0.272 e. The Kier molecular flexibility index (Phi) is 6.01. The molecule has 7 nitrogen and oxygen atoms in total. The number of aromatic nitrogens is 2. The molecule has 2 aliphatic rings. The number of benzene rings is 1. The third-order valence-corrected chi connectivity index (χ3v) is 5.36. The molecule has 0 unspecified atom stereocenters. The van der Waals surface area contributed by atoms with Crippen molar-refractivity contribution in [2.24, 2.45) is 0 Å². The van der Waals surface area contributed by atoms with Gasteiger partial charge in [0, 0.05) is 19.1 Å². The average molecular weight is 381 g/mol. The second kappa shape index (κ2) is 9.01. The van der Waals surface area contributed by atoms with E-state index < -0.39 is 0 Å². The van der Waals surface area contributed by atoms with E-state index in [4.69, 9.17) is 4.74 Å². The maximum absolute atomic E-state index is 12.4. The van der Waals surface area contributed by atoms with Gasteiger partial charge in [0.25, 0.3) is 5.91 Å². The second-order valence-electron chi connectivity index (χ2n) is 7.35. The second-order valence-corrected chi connectivity index (χ2v) is 7.35. The van der Waals surface area contributed by atoms with E-state index in [1.54, 1.807) is 12.1 Å². The van der Waals surface area contributed by atoms with E-state index in [-0.39, 0.29) is 11.9 Å². The number of rotatable bonds is 5. The molecule has 7 heteroatoms. The summed E-state index contributed by atoms with van der Waals surface area (Å²) >= 11 is 0. The fourth-order valence-corrected chi connectivity index (χ4v) is 3.82. The van der Waals surface area contributed by atoms with Crippen molar-refractivity contribution in [3.8, 4) is 0 Å². The van der Waals surface area contributed by atoms with Crippen molar-refractivity contribution in [3.63, 3.8) is 0 Å². The van der Waals surface area contributed by atoms with E-state index in [1.807, 2.05) is 18.2 Å². The molecule has 2 heterocycles. The number of amides is 1. The molecule has 148 valence electrons. The van der Waals surface area contributed by atoms with Gasteiger partial charge in [0.15, 0.2) is 11.5 Å². The Morgan fingerprint density at radius 3 is 2.54 bits per heavy atom.